The highest BCUT2D eigenvalue weighted by molar-refractivity contribution is 8.20. The van der Waals surface area contributed by atoms with Crippen molar-refractivity contribution in [2.24, 2.45) is 0 Å². The van der Waals surface area contributed by atoms with Gasteiger partial charge in [0.25, 0.3) is 11.8 Å². The Balaban J connectivity index is 1.58. The summed E-state index contributed by atoms with van der Waals surface area (Å²) in [5, 5.41) is 3.60. The first-order chi connectivity index (χ1) is 12.6. The molecule has 0 radical (unpaired) electrons. The first-order valence-electron chi connectivity index (χ1n) is 8.25. The summed E-state index contributed by atoms with van der Waals surface area (Å²) in [4.78, 5) is 25.6. The molecule has 2 aromatic rings. The molecule has 0 unspecified atom stereocenters. The molecule has 0 aromatic carbocycles. The van der Waals surface area contributed by atoms with Gasteiger partial charge in [-0.25, -0.2) is 0 Å². The van der Waals surface area contributed by atoms with Crippen LogP contribution in [-0.2, 0) is 10.5 Å². The van der Waals surface area contributed by atoms with E-state index in [2.05, 4.69) is 17.1 Å². The van der Waals surface area contributed by atoms with Crippen molar-refractivity contribution in [1.29, 1.82) is 0 Å². The maximum absolute atomic E-state index is 12.8. The molecule has 2 aliphatic rings. The third kappa shape index (κ3) is 3.32. The van der Waals surface area contributed by atoms with Gasteiger partial charge in [0.1, 0.15) is 0 Å². The lowest BCUT2D eigenvalue weighted by molar-refractivity contribution is 0.0848. The number of hydrazine groups is 1. The van der Waals surface area contributed by atoms with Crippen LogP contribution in [0.3, 0.4) is 0 Å². The molecule has 0 saturated carbocycles. The van der Waals surface area contributed by atoms with Gasteiger partial charge in [-0.15, -0.1) is 46.6 Å². The molecule has 1 fully saturated rings. The third-order valence-corrected chi connectivity index (χ3v) is 11.1. The zero-order chi connectivity index (χ0) is 18.1. The highest BCUT2D eigenvalue weighted by Gasteiger charge is 2.45. The summed E-state index contributed by atoms with van der Waals surface area (Å²) in [7, 11) is 0. The van der Waals surface area contributed by atoms with Crippen LogP contribution in [0, 0.1) is 0 Å². The number of carbonyl (C=O) groups excluding carboxylic acids is 2. The van der Waals surface area contributed by atoms with Gasteiger partial charge in [-0.2, -0.15) is 11.3 Å². The van der Waals surface area contributed by atoms with Crippen LogP contribution in [0.4, 0.5) is 0 Å². The number of thioether (sulfide) groups is 3. The van der Waals surface area contributed by atoms with Gasteiger partial charge in [-0.05, 0) is 42.5 Å². The summed E-state index contributed by atoms with van der Waals surface area (Å²) in [6.45, 7) is 0. The topological polar surface area (TPSA) is 58.2 Å². The van der Waals surface area contributed by atoms with Crippen LogP contribution in [-0.4, -0.2) is 29.6 Å². The first-order valence-corrected chi connectivity index (χ1v) is 13.2. The number of rotatable bonds is 3. The average molecular weight is 443 g/mol. The van der Waals surface area contributed by atoms with E-state index in [0.29, 0.717) is 5.56 Å². The molecule has 1 aliphatic carbocycles. The summed E-state index contributed by atoms with van der Waals surface area (Å²) in [6, 6.07) is 1.74. The predicted molar refractivity (Wildman–Crippen MR) is 115 cm³/mol. The number of hydrogen-bond donors (Lipinski definition) is 2. The first kappa shape index (κ1) is 18.7. The summed E-state index contributed by atoms with van der Waals surface area (Å²) in [5.41, 5.74) is 8.27. The Hall–Kier alpha value is -0.610. The number of thiophene rings is 2. The lowest BCUT2D eigenvalue weighted by atomic mass is 9.92. The molecule has 4 nitrogen and oxygen atoms in total. The van der Waals surface area contributed by atoms with E-state index >= 15 is 0 Å². The Morgan fingerprint density at radius 1 is 1.19 bits per heavy atom. The minimum absolute atomic E-state index is 0.126. The molecule has 2 amide bonds. The summed E-state index contributed by atoms with van der Waals surface area (Å²) < 4.78 is 1.37. The van der Waals surface area contributed by atoms with Crippen molar-refractivity contribution in [3.8, 4) is 0 Å². The quantitative estimate of drug-likeness (QED) is 0.538. The molecule has 1 aliphatic heterocycles. The molecule has 9 heteroatoms. The third-order valence-electron chi connectivity index (χ3n) is 4.51. The fourth-order valence-corrected chi connectivity index (χ4v) is 9.91. The standard InChI is InChI=1S/C17H18N2O2S5/c1-22-16-12-11(3-2-5-17(12)24-7-8-25-17)13(26-16)15(21)19-18-14(20)10-4-6-23-9-10/h4,6,9H,2-3,5,7-8H2,1H3,(H,18,20)(H,19,21). The van der Waals surface area contributed by atoms with Crippen LogP contribution in [0.25, 0.3) is 0 Å². The van der Waals surface area contributed by atoms with Crippen molar-refractivity contribution >= 4 is 69.8 Å². The van der Waals surface area contributed by atoms with E-state index in [1.807, 2.05) is 28.9 Å². The molecule has 1 saturated heterocycles. The number of carbonyl (C=O) groups is 2. The fraction of sp³-hybridized carbons (Fsp3) is 0.412. The van der Waals surface area contributed by atoms with E-state index in [4.69, 9.17) is 0 Å². The van der Waals surface area contributed by atoms with Crippen LogP contribution in [0.1, 0.15) is 44.0 Å². The highest BCUT2D eigenvalue weighted by Crippen LogP contribution is 2.61. The van der Waals surface area contributed by atoms with Gasteiger partial charge in [-0.3, -0.25) is 20.4 Å². The van der Waals surface area contributed by atoms with Gasteiger partial charge in [-0.1, -0.05) is 0 Å². The van der Waals surface area contributed by atoms with E-state index in [0.717, 1.165) is 17.7 Å². The van der Waals surface area contributed by atoms with E-state index in [9.17, 15) is 9.59 Å². The Labute approximate surface area is 173 Å². The van der Waals surface area contributed by atoms with Crippen LogP contribution in [0.5, 0.6) is 0 Å². The molecule has 2 N–H and O–H groups in total. The van der Waals surface area contributed by atoms with Crippen molar-refractivity contribution in [3.63, 3.8) is 0 Å². The van der Waals surface area contributed by atoms with E-state index < -0.39 is 0 Å². The molecule has 26 heavy (non-hydrogen) atoms. The molecule has 0 atom stereocenters. The lowest BCUT2D eigenvalue weighted by Crippen LogP contribution is -2.41. The summed E-state index contributed by atoms with van der Waals surface area (Å²) in [6.07, 6.45) is 5.31. The van der Waals surface area contributed by atoms with Crippen molar-refractivity contribution < 1.29 is 9.59 Å². The van der Waals surface area contributed by atoms with E-state index in [-0.39, 0.29) is 15.9 Å². The predicted octanol–water partition coefficient (Wildman–Crippen LogP) is 4.58. The lowest BCUT2D eigenvalue weighted by Gasteiger charge is -2.33. The van der Waals surface area contributed by atoms with Crippen LogP contribution >= 0.6 is 58.0 Å². The molecular formula is C17H18N2O2S5. The monoisotopic (exact) mass is 442 g/mol. The normalized spacial score (nSPS) is 17.9. The minimum atomic E-state index is -0.284. The molecular weight excluding hydrogens is 425 g/mol. The fourth-order valence-electron chi connectivity index (χ4n) is 3.40. The number of hydrogen-bond acceptors (Lipinski definition) is 7. The number of amides is 2. The summed E-state index contributed by atoms with van der Waals surface area (Å²) >= 11 is 8.83. The number of fused-ring (bicyclic) bond motifs is 2. The Kier molecular flexibility index (Phi) is 5.61. The second-order valence-electron chi connectivity index (χ2n) is 6.00. The van der Waals surface area contributed by atoms with Gasteiger partial charge < -0.3 is 0 Å². The smallest absolute Gasteiger partial charge is 0.267 e. The van der Waals surface area contributed by atoms with Gasteiger partial charge >= 0.3 is 0 Å². The van der Waals surface area contributed by atoms with Gasteiger partial charge in [0.2, 0.25) is 0 Å². The Morgan fingerprint density at radius 2 is 1.96 bits per heavy atom. The second kappa shape index (κ2) is 7.79. The van der Waals surface area contributed by atoms with Crippen molar-refractivity contribution in [2.45, 2.75) is 27.6 Å². The van der Waals surface area contributed by atoms with Crippen LogP contribution in [0.2, 0.25) is 0 Å². The number of nitrogens with one attached hydrogen (secondary N) is 2. The van der Waals surface area contributed by atoms with Crippen LogP contribution in [0.15, 0.2) is 21.0 Å². The van der Waals surface area contributed by atoms with Gasteiger partial charge in [0.15, 0.2) is 0 Å². The van der Waals surface area contributed by atoms with E-state index in [1.54, 1.807) is 34.5 Å². The molecule has 4 rings (SSSR count). The Bertz CT molecular complexity index is 825. The molecule has 2 aromatic heterocycles. The molecule has 1 spiro atoms. The molecule has 3 heterocycles. The Morgan fingerprint density at radius 3 is 2.65 bits per heavy atom. The molecule has 138 valence electrons. The van der Waals surface area contributed by atoms with Crippen LogP contribution < -0.4 is 10.9 Å². The van der Waals surface area contributed by atoms with Crippen molar-refractivity contribution in [2.75, 3.05) is 17.8 Å². The average Bonchev–Trinajstić information content (AvgIpc) is 3.39. The summed E-state index contributed by atoms with van der Waals surface area (Å²) in [5.74, 6) is 1.85. The highest BCUT2D eigenvalue weighted by atomic mass is 32.2. The van der Waals surface area contributed by atoms with E-state index in [1.165, 1.54) is 44.6 Å². The zero-order valence-electron chi connectivity index (χ0n) is 14.1. The maximum Gasteiger partial charge on any atom is 0.280 e. The molecule has 0 bridgehead atoms. The largest absolute Gasteiger partial charge is 0.280 e. The van der Waals surface area contributed by atoms with Crippen molar-refractivity contribution in [1.82, 2.24) is 10.9 Å². The van der Waals surface area contributed by atoms with Crippen molar-refractivity contribution in [3.05, 3.63) is 38.4 Å². The van der Waals surface area contributed by atoms with Gasteiger partial charge in [0, 0.05) is 22.4 Å². The maximum atomic E-state index is 12.8. The SMILES string of the molecule is CSc1sc(C(=O)NNC(=O)c2ccsc2)c2c1C1(CCC2)SCCS1. The minimum Gasteiger partial charge on any atom is -0.267 e. The second-order valence-corrected chi connectivity index (χ2v) is 11.9. The zero-order valence-corrected chi connectivity index (χ0v) is 18.2. The van der Waals surface area contributed by atoms with Gasteiger partial charge in [0.05, 0.1) is 18.7 Å².